The largest absolute Gasteiger partial charge is 0.0622 e. The van der Waals surface area contributed by atoms with Crippen LogP contribution >= 0.6 is 0 Å². The first-order chi connectivity index (χ1) is 22.8. The first-order valence-electron chi connectivity index (χ1n) is 15.9. The van der Waals surface area contributed by atoms with Gasteiger partial charge in [0, 0.05) is 0 Å². The lowest BCUT2D eigenvalue weighted by Gasteiger charge is -2.21. The van der Waals surface area contributed by atoms with Crippen LogP contribution in [0, 0.1) is 0 Å². The predicted molar refractivity (Wildman–Crippen MR) is 196 cm³/mol. The van der Waals surface area contributed by atoms with Crippen LogP contribution in [0.5, 0.6) is 0 Å². The van der Waals surface area contributed by atoms with E-state index in [9.17, 15) is 0 Å². The molecule has 0 aliphatic heterocycles. The molecule has 0 heterocycles. The van der Waals surface area contributed by atoms with Crippen LogP contribution in [0.4, 0.5) is 0 Å². The first-order valence-corrected chi connectivity index (χ1v) is 15.9. The lowest BCUT2D eigenvalue weighted by Crippen LogP contribution is -1.94. The predicted octanol–water partition coefficient (Wildman–Crippen LogP) is 12.8. The summed E-state index contributed by atoms with van der Waals surface area (Å²) in [4.78, 5) is 0. The standard InChI is InChI=1S/C46H30/c1-4-13-31(14-5-1)37-28-29-38(45(35-17-8-3-9-18-35)44(37)34-15-6-2-7-16-34)33-25-23-32(24-26-33)36-27-30-43-40-20-11-10-19-39(40)42-22-12-21-41(36)46(42)43/h1-30H. The molecular formula is C46H30. The molecule has 46 heavy (non-hydrogen) atoms. The molecule has 0 fully saturated rings. The molecular weight excluding hydrogens is 553 g/mol. The maximum atomic E-state index is 2.31. The molecule has 0 aromatic heterocycles. The summed E-state index contributed by atoms with van der Waals surface area (Å²) >= 11 is 0. The van der Waals surface area contributed by atoms with E-state index in [-0.39, 0.29) is 0 Å². The highest BCUT2D eigenvalue weighted by Gasteiger charge is 2.23. The summed E-state index contributed by atoms with van der Waals surface area (Å²) in [5.74, 6) is 0. The summed E-state index contributed by atoms with van der Waals surface area (Å²) < 4.78 is 0. The van der Waals surface area contributed by atoms with E-state index in [2.05, 4.69) is 182 Å². The monoisotopic (exact) mass is 582 g/mol. The van der Waals surface area contributed by atoms with Crippen molar-refractivity contribution in [2.24, 2.45) is 0 Å². The van der Waals surface area contributed by atoms with Crippen LogP contribution in [0.15, 0.2) is 182 Å². The Balaban J connectivity index is 1.22. The Kier molecular flexibility index (Phi) is 6.25. The Morgan fingerprint density at radius 2 is 0.565 bits per heavy atom. The average molecular weight is 583 g/mol. The van der Waals surface area contributed by atoms with E-state index in [1.54, 1.807) is 0 Å². The number of benzene rings is 8. The second kappa shape index (κ2) is 10.9. The van der Waals surface area contributed by atoms with Gasteiger partial charge < -0.3 is 0 Å². The fraction of sp³-hybridized carbons (Fsp3) is 0. The van der Waals surface area contributed by atoms with E-state index in [1.165, 1.54) is 88.7 Å². The summed E-state index contributed by atoms with van der Waals surface area (Å²) in [5, 5.41) is 2.67. The third-order valence-electron chi connectivity index (χ3n) is 9.47. The minimum atomic E-state index is 1.21. The average Bonchev–Trinajstić information content (AvgIpc) is 3.47. The Bertz CT molecular complexity index is 2340. The molecule has 8 aromatic carbocycles. The molecule has 0 saturated heterocycles. The quantitative estimate of drug-likeness (QED) is 0.189. The minimum Gasteiger partial charge on any atom is -0.0622 e. The molecule has 8 aromatic rings. The van der Waals surface area contributed by atoms with E-state index >= 15 is 0 Å². The van der Waals surface area contributed by atoms with E-state index in [0.29, 0.717) is 0 Å². The molecule has 0 atom stereocenters. The van der Waals surface area contributed by atoms with Crippen LogP contribution in [-0.2, 0) is 0 Å². The maximum Gasteiger partial charge on any atom is -0.00201 e. The van der Waals surface area contributed by atoms with Gasteiger partial charge in [0.15, 0.2) is 0 Å². The van der Waals surface area contributed by atoms with Crippen molar-refractivity contribution < 1.29 is 0 Å². The second-order valence-corrected chi connectivity index (χ2v) is 12.0. The molecule has 214 valence electrons. The van der Waals surface area contributed by atoms with Crippen molar-refractivity contribution in [1.82, 2.24) is 0 Å². The summed E-state index contributed by atoms with van der Waals surface area (Å²) in [6.45, 7) is 0. The smallest absolute Gasteiger partial charge is 0.00201 e. The van der Waals surface area contributed by atoms with E-state index in [1.807, 2.05) is 0 Å². The van der Waals surface area contributed by atoms with Crippen molar-refractivity contribution >= 4 is 10.8 Å². The molecule has 0 nitrogen and oxygen atoms in total. The van der Waals surface area contributed by atoms with Gasteiger partial charge in [-0.1, -0.05) is 182 Å². The van der Waals surface area contributed by atoms with Gasteiger partial charge in [-0.2, -0.15) is 0 Å². The lowest BCUT2D eigenvalue weighted by molar-refractivity contribution is 1.54. The third kappa shape index (κ3) is 4.23. The van der Waals surface area contributed by atoms with Gasteiger partial charge in [0.05, 0.1) is 0 Å². The number of hydrogen-bond donors (Lipinski definition) is 0. The van der Waals surface area contributed by atoms with E-state index in [4.69, 9.17) is 0 Å². The Morgan fingerprint density at radius 1 is 0.196 bits per heavy atom. The van der Waals surface area contributed by atoms with Crippen molar-refractivity contribution in [3.05, 3.63) is 182 Å². The highest BCUT2D eigenvalue weighted by Crippen LogP contribution is 2.50. The molecule has 1 aliphatic carbocycles. The summed E-state index contributed by atoms with van der Waals surface area (Å²) in [6.07, 6.45) is 0. The third-order valence-corrected chi connectivity index (χ3v) is 9.47. The van der Waals surface area contributed by atoms with Crippen molar-refractivity contribution in [3.63, 3.8) is 0 Å². The highest BCUT2D eigenvalue weighted by molar-refractivity contribution is 6.18. The van der Waals surface area contributed by atoms with Crippen LogP contribution in [-0.4, -0.2) is 0 Å². The topological polar surface area (TPSA) is 0 Å². The zero-order valence-electron chi connectivity index (χ0n) is 25.3. The molecule has 0 bridgehead atoms. The van der Waals surface area contributed by atoms with Gasteiger partial charge in [-0.25, -0.2) is 0 Å². The molecule has 0 spiro atoms. The molecule has 0 saturated carbocycles. The number of fused-ring (bicyclic) bond motifs is 3. The van der Waals surface area contributed by atoms with Gasteiger partial charge in [0.1, 0.15) is 0 Å². The van der Waals surface area contributed by atoms with Gasteiger partial charge in [-0.05, 0) is 88.7 Å². The van der Waals surface area contributed by atoms with Crippen molar-refractivity contribution in [3.8, 4) is 77.9 Å². The summed E-state index contributed by atoms with van der Waals surface area (Å²) in [6, 6.07) is 66.3. The van der Waals surface area contributed by atoms with E-state index in [0.717, 1.165) is 0 Å². The minimum absolute atomic E-state index is 1.21. The van der Waals surface area contributed by atoms with Crippen LogP contribution in [0.3, 0.4) is 0 Å². The number of hydrogen-bond acceptors (Lipinski definition) is 0. The van der Waals surface area contributed by atoms with Crippen molar-refractivity contribution in [1.29, 1.82) is 0 Å². The second-order valence-electron chi connectivity index (χ2n) is 12.0. The molecule has 0 heteroatoms. The van der Waals surface area contributed by atoms with Crippen LogP contribution < -0.4 is 0 Å². The molecule has 1 aliphatic rings. The van der Waals surface area contributed by atoms with E-state index < -0.39 is 0 Å². The van der Waals surface area contributed by atoms with Crippen LogP contribution in [0.25, 0.3) is 88.7 Å². The van der Waals surface area contributed by atoms with Gasteiger partial charge >= 0.3 is 0 Å². The molecule has 0 unspecified atom stereocenters. The fourth-order valence-electron chi connectivity index (χ4n) is 7.40. The first kappa shape index (κ1) is 26.4. The SMILES string of the molecule is c1ccc(-c2ccc(-c3ccc(-c4ccc5c6c(cccc46)-c4ccccc4-5)cc3)c(-c3ccccc3)c2-c2ccccc2)cc1. The maximum absolute atomic E-state index is 2.31. The van der Waals surface area contributed by atoms with Crippen molar-refractivity contribution in [2.75, 3.05) is 0 Å². The summed E-state index contributed by atoms with van der Waals surface area (Å²) in [7, 11) is 0. The molecule has 0 radical (unpaired) electrons. The van der Waals surface area contributed by atoms with Gasteiger partial charge in [0.2, 0.25) is 0 Å². The van der Waals surface area contributed by atoms with Gasteiger partial charge in [0.25, 0.3) is 0 Å². The van der Waals surface area contributed by atoms with Gasteiger partial charge in [-0.3, -0.25) is 0 Å². The molecule has 0 amide bonds. The Labute approximate surface area is 269 Å². The van der Waals surface area contributed by atoms with Crippen LogP contribution in [0.2, 0.25) is 0 Å². The van der Waals surface area contributed by atoms with Gasteiger partial charge in [-0.15, -0.1) is 0 Å². The fourth-order valence-corrected chi connectivity index (χ4v) is 7.40. The zero-order valence-corrected chi connectivity index (χ0v) is 25.3. The highest BCUT2D eigenvalue weighted by atomic mass is 14.3. The Hall–Kier alpha value is -5.98. The normalized spacial score (nSPS) is 11.5. The lowest BCUT2D eigenvalue weighted by atomic mass is 9.82. The van der Waals surface area contributed by atoms with Crippen molar-refractivity contribution in [2.45, 2.75) is 0 Å². The zero-order chi connectivity index (χ0) is 30.5. The Morgan fingerprint density at radius 3 is 1.11 bits per heavy atom. The molecule has 0 N–H and O–H groups in total. The summed E-state index contributed by atoms with van der Waals surface area (Å²) in [5.41, 5.74) is 17.7. The molecule has 9 rings (SSSR count). The van der Waals surface area contributed by atoms with Crippen LogP contribution in [0.1, 0.15) is 0 Å². The number of rotatable bonds is 5.